The smallest absolute Gasteiger partial charge is 0.246 e. The molecule has 2 atom stereocenters. The minimum Gasteiger partial charge on any atom is -0.507 e. The normalized spacial score (nSPS) is 27.0. The van der Waals surface area contributed by atoms with E-state index in [1.54, 1.807) is 12.1 Å². The number of hydrogen-bond donors (Lipinski definition) is 2. The highest BCUT2D eigenvalue weighted by atomic mass is 16.5. The van der Waals surface area contributed by atoms with Crippen molar-refractivity contribution in [1.29, 1.82) is 0 Å². The van der Waals surface area contributed by atoms with Gasteiger partial charge in [0.1, 0.15) is 23.2 Å². The van der Waals surface area contributed by atoms with Crippen LogP contribution in [0.25, 0.3) is 6.08 Å². The molecule has 3 aliphatic heterocycles. The molecule has 7 heteroatoms. The molecule has 3 aliphatic rings. The molecule has 2 saturated heterocycles. The summed E-state index contributed by atoms with van der Waals surface area (Å²) in [5.41, 5.74) is 0.341. The number of fused-ring (bicyclic) bond motifs is 1. The highest BCUT2D eigenvalue weighted by molar-refractivity contribution is 5.92. The van der Waals surface area contributed by atoms with Crippen LogP contribution < -0.4 is 4.74 Å². The van der Waals surface area contributed by atoms with Crippen molar-refractivity contribution < 1.29 is 24.5 Å². The lowest BCUT2D eigenvalue weighted by Gasteiger charge is -2.47. The van der Waals surface area contributed by atoms with Crippen molar-refractivity contribution in [2.24, 2.45) is 0 Å². The van der Waals surface area contributed by atoms with E-state index in [0.29, 0.717) is 43.2 Å². The number of aromatic hydroxyl groups is 1. The quantitative estimate of drug-likeness (QED) is 0.736. The summed E-state index contributed by atoms with van der Waals surface area (Å²) in [7, 11) is 0. The number of hydrogen-bond acceptors (Lipinski definition) is 6. The summed E-state index contributed by atoms with van der Waals surface area (Å²) in [5.74, 6) is 0.592. The summed E-state index contributed by atoms with van der Waals surface area (Å²) in [4.78, 5) is 16.5. The molecule has 3 heterocycles. The summed E-state index contributed by atoms with van der Waals surface area (Å²) in [5, 5.41) is 22.2. The van der Waals surface area contributed by atoms with Crippen LogP contribution in [0.15, 0.2) is 18.2 Å². The Morgan fingerprint density at radius 1 is 1.13 bits per heavy atom. The molecule has 2 fully saturated rings. The van der Waals surface area contributed by atoms with E-state index in [2.05, 4.69) is 4.90 Å². The number of aliphatic hydroxyl groups excluding tert-OH is 1. The highest BCUT2D eigenvalue weighted by Gasteiger charge is 2.47. The molecule has 2 N–H and O–H groups in total. The molecule has 0 spiro atoms. The second-order valence-electron chi connectivity index (χ2n) is 8.88. The summed E-state index contributed by atoms with van der Waals surface area (Å²) >= 11 is 0. The first-order valence-corrected chi connectivity index (χ1v) is 10.9. The summed E-state index contributed by atoms with van der Waals surface area (Å²) in [6.45, 7) is 7.80. The summed E-state index contributed by atoms with van der Waals surface area (Å²) in [6.07, 6.45) is 5.62. The zero-order chi connectivity index (χ0) is 21.3. The fraction of sp³-hybridized carbons (Fsp3) is 0.609. The van der Waals surface area contributed by atoms with Crippen LogP contribution in [0.3, 0.4) is 0 Å². The number of carbonyl (C=O) groups excluding carboxylic acids is 1. The molecule has 0 aliphatic carbocycles. The van der Waals surface area contributed by atoms with Crippen LogP contribution in [-0.2, 0) is 9.53 Å². The largest absolute Gasteiger partial charge is 0.507 e. The number of ether oxygens (including phenoxy) is 2. The molecule has 164 valence electrons. The first-order valence-electron chi connectivity index (χ1n) is 10.9. The second-order valence-corrected chi connectivity index (χ2v) is 8.88. The number of nitrogens with zero attached hydrogens (tertiary/aromatic N) is 2. The maximum absolute atomic E-state index is 12.5. The first-order chi connectivity index (χ1) is 14.4. The number of piperidine rings is 1. The van der Waals surface area contributed by atoms with Gasteiger partial charge in [-0.1, -0.05) is 0 Å². The molecule has 4 rings (SSSR count). The van der Waals surface area contributed by atoms with Gasteiger partial charge in [-0.2, -0.15) is 0 Å². The lowest BCUT2D eigenvalue weighted by Crippen LogP contribution is -2.55. The Morgan fingerprint density at radius 3 is 2.53 bits per heavy atom. The molecular weight excluding hydrogens is 384 g/mol. The zero-order valence-corrected chi connectivity index (χ0v) is 17.8. The number of rotatable bonds is 3. The van der Waals surface area contributed by atoms with E-state index in [4.69, 9.17) is 9.47 Å². The minimum absolute atomic E-state index is 0.0334. The molecule has 7 nitrogen and oxygen atoms in total. The molecule has 0 bridgehead atoms. The second kappa shape index (κ2) is 8.57. The molecule has 30 heavy (non-hydrogen) atoms. The van der Waals surface area contributed by atoms with Gasteiger partial charge in [0.05, 0.1) is 24.8 Å². The topological polar surface area (TPSA) is 82.5 Å². The molecule has 1 aromatic carbocycles. The minimum atomic E-state index is -0.816. The van der Waals surface area contributed by atoms with Gasteiger partial charge in [-0.3, -0.25) is 9.69 Å². The monoisotopic (exact) mass is 416 g/mol. The Bertz CT molecular complexity index is 810. The van der Waals surface area contributed by atoms with Crippen LogP contribution in [0.1, 0.15) is 50.3 Å². The van der Waals surface area contributed by atoms with Crippen molar-refractivity contribution in [1.82, 2.24) is 9.80 Å². The fourth-order valence-corrected chi connectivity index (χ4v) is 4.62. The van der Waals surface area contributed by atoms with Crippen LogP contribution in [0.5, 0.6) is 11.5 Å². The van der Waals surface area contributed by atoms with Gasteiger partial charge in [0.15, 0.2) is 0 Å². The van der Waals surface area contributed by atoms with Gasteiger partial charge in [-0.15, -0.1) is 0 Å². The number of amides is 1. The third-order valence-corrected chi connectivity index (χ3v) is 6.40. The van der Waals surface area contributed by atoms with E-state index < -0.39 is 17.7 Å². The SMILES string of the molecule is CC1(C)Oc2ccc(/C=C/C(=O)N3CCCCC3)c(O)c2C(N2CCOCC2)C1O. The van der Waals surface area contributed by atoms with Gasteiger partial charge in [-0.25, -0.2) is 0 Å². The lowest BCUT2D eigenvalue weighted by atomic mass is 9.84. The van der Waals surface area contributed by atoms with Crippen LogP contribution in [0.2, 0.25) is 0 Å². The Labute approximate surface area is 177 Å². The fourth-order valence-electron chi connectivity index (χ4n) is 4.62. The molecular formula is C23H32N2O5. The van der Waals surface area contributed by atoms with Gasteiger partial charge in [0.2, 0.25) is 5.91 Å². The number of phenolic OH excluding ortho intramolecular Hbond substituents is 1. The Kier molecular flexibility index (Phi) is 6.04. The van der Waals surface area contributed by atoms with Gasteiger partial charge in [-0.05, 0) is 51.3 Å². The first kappa shape index (κ1) is 21.2. The van der Waals surface area contributed by atoms with Gasteiger partial charge in [0, 0.05) is 37.8 Å². The lowest BCUT2D eigenvalue weighted by molar-refractivity contribution is -0.126. The van der Waals surface area contributed by atoms with Crippen molar-refractivity contribution in [2.45, 2.75) is 50.9 Å². The van der Waals surface area contributed by atoms with Gasteiger partial charge < -0.3 is 24.6 Å². The molecule has 0 saturated carbocycles. The number of carbonyl (C=O) groups is 1. The average molecular weight is 417 g/mol. The zero-order valence-electron chi connectivity index (χ0n) is 17.8. The Morgan fingerprint density at radius 2 is 1.83 bits per heavy atom. The number of phenols is 1. The van der Waals surface area contributed by atoms with Crippen LogP contribution in [-0.4, -0.2) is 77.0 Å². The van der Waals surface area contributed by atoms with Crippen molar-refractivity contribution in [3.63, 3.8) is 0 Å². The third-order valence-electron chi connectivity index (χ3n) is 6.40. The Hall–Kier alpha value is -2.09. The number of morpholine rings is 1. The number of likely N-dealkylation sites (tertiary alicyclic amines) is 1. The van der Waals surface area contributed by atoms with E-state index in [9.17, 15) is 15.0 Å². The molecule has 2 unspecified atom stereocenters. The van der Waals surface area contributed by atoms with Crippen molar-refractivity contribution in [2.75, 3.05) is 39.4 Å². The third kappa shape index (κ3) is 4.06. The predicted octanol–water partition coefficient (Wildman–Crippen LogP) is 2.32. The molecule has 0 radical (unpaired) electrons. The van der Waals surface area contributed by atoms with E-state index in [1.165, 1.54) is 12.5 Å². The molecule has 1 aromatic rings. The van der Waals surface area contributed by atoms with Crippen LogP contribution in [0.4, 0.5) is 0 Å². The summed E-state index contributed by atoms with van der Waals surface area (Å²) < 4.78 is 11.5. The maximum Gasteiger partial charge on any atom is 0.246 e. The van der Waals surface area contributed by atoms with Crippen LogP contribution in [0, 0.1) is 0 Å². The van der Waals surface area contributed by atoms with Crippen molar-refractivity contribution in [3.05, 3.63) is 29.3 Å². The van der Waals surface area contributed by atoms with E-state index in [0.717, 1.165) is 25.9 Å². The van der Waals surface area contributed by atoms with Gasteiger partial charge in [0.25, 0.3) is 0 Å². The number of aliphatic hydroxyl groups is 1. The summed E-state index contributed by atoms with van der Waals surface area (Å²) in [6, 6.07) is 3.18. The van der Waals surface area contributed by atoms with Crippen molar-refractivity contribution >= 4 is 12.0 Å². The average Bonchev–Trinajstić information content (AvgIpc) is 2.75. The highest BCUT2D eigenvalue weighted by Crippen LogP contribution is 2.48. The van der Waals surface area contributed by atoms with E-state index in [1.807, 2.05) is 24.8 Å². The van der Waals surface area contributed by atoms with Crippen LogP contribution >= 0.6 is 0 Å². The van der Waals surface area contributed by atoms with E-state index >= 15 is 0 Å². The molecule has 1 amide bonds. The van der Waals surface area contributed by atoms with Gasteiger partial charge >= 0.3 is 0 Å². The van der Waals surface area contributed by atoms with Crippen molar-refractivity contribution in [3.8, 4) is 11.5 Å². The maximum atomic E-state index is 12.5. The van der Waals surface area contributed by atoms with E-state index in [-0.39, 0.29) is 11.7 Å². The Balaban J connectivity index is 1.65. The predicted molar refractivity (Wildman–Crippen MR) is 113 cm³/mol. The molecule has 0 aromatic heterocycles. The number of benzene rings is 1. The standard InChI is InChI=1S/C23H32N2O5/c1-23(2)22(28)20(25-12-14-29-15-13-25)19-17(30-23)8-6-16(21(19)27)7-9-18(26)24-10-4-3-5-11-24/h6-9,20,22,27-28H,3-5,10-15H2,1-2H3/b9-7+.